The fraction of sp³-hybridized carbons (Fsp3) is 0.562. The van der Waals surface area contributed by atoms with E-state index in [9.17, 15) is 0 Å². The number of alkyl halides is 1. The van der Waals surface area contributed by atoms with Crippen molar-refractivity contribution in [3.05, 3.63) is 24.0 Å². The van der Waals surface area contributed by atoms with Crippen molar-refractivity contribution in [2.45, 2.75) is 42.9 Å². The summed E-state index contributed by atoms with van der Waals surface area (Å²) in [5.41, 5.74) is 2.07. The molecule has 1 aromatic carbocycles. The van der Waals surface area contributed by atoms with Gasteiger partial charge in [-0.25, -0.2) is 4.98 Å². The Morgan fingerprint density at radius 1 is 1.43 bits per heavy atom. The van der Waals surface area contributed by atoms with E-state index in [4.69, 9.17) is 21.3 Å². The molecule has 1 aliphatic carbocycles. The van der Waals surface area contributed by atoms with Crippen LogP contribution in [0.3, 0.4) is 0 Å². The van der Waals surface area contributed by atoms with Gasteiger partial charge < -0.3 is 9.30 Å². The summed E-state index contributed by atoms with van der Waals surface area (Å²) in [4.78, 5) is 4.78. The lowest BCUT2D eigenvalue weighted by Crippen LogP contribution is -2.10. The normalized spacial score (nSPS) is 23.6. The number of para-hydroxylation sites is 1. The van der Waals surface area contributed by atoms with Crippen LogP contribution in [0.15, 0.2) is 18.2 Å². The van der Waals surface area contributed by atoms with Crippen LogP contribution in [0.4, 0.5) is 0 Å². The van der Waals surface area contributed by atoms with Gasteiger partial charge in [-0.05, 0) is 44.6 Å². The van der Waals surface area contributed by atoms with Gasteiger partial charge in [0.15, 0.2) is 0 Å². The number of halogens is 1. The maximum Gasteiger partial charge on any atom is 0.146 e. The zero-order valence-electron chi connectivity index (χ0n) is 12.7. The number of ether oxygens (including phenoxy) is 1. The highest BCUT2D eigenvalue weighted by atomic mass is 35.5. The Bertz CT molecular complexity index is 640. The Labute approximate surface area is 135 Å². The Balaban J connectivity index is 2.13. The highest BCUT2D eigenvalue weighted by Crippen LogP contribution is 2.41. The zero-order valence-corrected chi connectivity index (χ0v) is 14.2. The summed E-state index contributed by atoms with van der Waals surface area (Å²) in [7, 11) is 1.69. The number of fused-ring (bicyclic) bond motifs is 1. The molecule has 1 aromatic heterocycles. The number of benzene rings is 1. The quantitative estimate of drug-likeness (QED) is 0.756. The fourth-order valence-electron chi connectivity index (χ4n) is 3.30. The Morgan fingerprint density at radius 3 is 2.86 bits per heavy atom. The molecule has 21 heavy (non-hydrogen) atoms. The van der Waals surface area contributed by atoms with Crippen LogP contribution in [0.1, 0.15) is 43.4 Å². The summed E-state index contributed by atoms with van der Waals surface area (Å²) in [5, 5.41) is 0.645. The van der Waals surface area contributed by atoms with Gasteiger partial charge in [-0.2, -0.15) is 11.8 Å². The maximum absolute atomic E-state index is 6.39. The van der Waals surface area contributed by atoms with E-state index in [0.29, 0.717) is 6.04 Å². The van der Waals surface area contributed by atoms with Crippen molar-refractivity contribution in [1.82, 2.24) is 9.55 Å². The van der Waals surface area contributed by atoms with Crippen molar-refractivity contribution in [2.24, 2.45) is 0 Å². The summed E-state index contributed by atoms with van der Waals surface area (Å²) in [6.45, 7) is 1.99. The number of rotatable bonds is 4. The Morgan fingerprint density at radius 2 is 2.24 bits per heavy atom. The number of methoxy groups -OCH3 is 1. The lowest BCUT2D eigenvalue weighted by Gasteiger charge is -2.18. The first-order valence-corrected chi connectivity index (χ1v) is 9.09. The topological polar surface area (TPSA) is 27.1 Å². The minimum atomic E-state index is -0.101. The molecule has 1 heterocycles. The van der Waals surface area contributed by atoms with Gasteiger partial charge in [0.1, 0.15) is 17.1 Å². The van der Waals surface area contributed by atoms with Crippen molar-refractivity contribution in [3.63, 3.8) is 0 Å². The molecule has 114 valence electrons. The van der Waals surface area contributed by atoms with Crippen LogP contribution in [0.2, 0.25) is 0 Å². The van der Waals surface area contributed by atoms with Crippen LogP contribution in [0.5, 0.6) is 5.75 Å². The molecule has 2 aromatic rings. The molecule has 0 spiro atoms. The SMILES string of the molecule is COc1cccc2c1nc(C(C)Cl)n2C1CCC(SC)C1. The maximum atomic E-state index is 6.39. The molecular weight excluding hydrogens is 304 g/mol. The van der Waals surface area contributed by atoms with E-state index in [2.05, 4.69) is 16.9 Å². The summed E-state index contributed by atoms with van der Waals surface area (Å²) < 4.78 is 7.81. The van der Waals surface area contributed by atoms with Crippen molar-refractivity contribution < 1.29 is 4.74 Å². The average Bonchev–Trinajstić information content (AvgIpc) is 3.10. The van der Waals surface area contributed by atoms with Gasteiger partial charge in [0.2, 0.25) is 0 Å². The zero-order chi connectivity index (χ0) is 15.0. The number of nitrogens with zero attached hydrogens (tertiary/aromatic N) is 2. The van der Waals surface area contributed by atoms with Gasteiger partial charge >= 0.3 is 0 Å². The first-order valence-electron chi connectivity index (χ1n) is 7.37. The largest absolute Gasteiger partial charge is 0.494 e. The number of imidazole rings is 1. The van der Waals surface area contributed by atoms with Gasteiger partial charge in [-0.3, -0.25) is 0 Å². The summed E-state index contributed by atoms with van der Waals surface area (Å²) >= 11 is 8.36. The predicted molar refractivity (Wildman–Crippen MR) is 90.7 cm³/mol. The van der Waals surface area contributed by atoms with E-state index in [-0.39, 0.29) is 5.38 Å². The van der Waals surface area contributed by atoms with E-state index >= 15 is 0 Å². The van der Waals surface area contributed by atoms with E-state index < -0.39 is 0 Å². The van der Waals surface area contributed by atoms with Gasteiger partial charge in [-0.15, -0.1) is 11.6 Å². The molecule has 5 heteroatoms. The average molecular weight is 325 g/mol. The fourth-order valence-corrected chi connectivity index (χ4v) is 4.24. The predicted octanol–water partition coefficient (Wildman–Crippen LogP) is 4.80. The molecule has 0 saturated heterocycles. The number of hydrogen-bond acceptors (Lipinski definition) is 3. The number of hydrogen-bond donors (Lipinski definition) is 0. The molecular formula is C16H21ClN2OS. The van der Waals surface area contributed by atoms with Crippen molar-refractivity contribution in [1.29, 1.82) is 0 Å². The lowest BCUT2D eigenvalue weighted by atomic mass is 10.2. The Hall–Kier alpha value is -0.870. The summed E-state index contributed by atoms with van der Waals surface area (Å²) in [5.74, 6) is 1.78. The molecule has 0 bridgehead atoms. The van der Waals surface area contributed by atoms with Crippen LogP contribution >= 0.6 is 23.4 Å². The molecule has 3 atom stereocenters. The van der Waals surface area contributed by atoms with Crippen LogP contribution in [0, 0.1) is 0 Å². The first-order chi connectivity index (χ1) is 10.2. The second-order valence-electron chi connectivity index (χ2n) is 5.61. The van der Waals surface area contributed by atoms with Crippen LogP contribution < -0.4 is 4.74 Å². The number of thioether (sulfide) groups is 1. The van der Waals surface area contributed by atoms with Crippen molar-refractivity contribution in [3.8, 4) is 5.75 Å². The van der Waals surface area contributed by atoms with Gasteiger partial charge in [0, 0.05) is 11.3 Å². The van der Waals surface area contributed by atoms with Gasteiger partial charge in [0.25, 0.3) is 0 Å². The highest BCUT2D eigenvalue weighted by molar-refractivity contribution is 7.99. The smallest absolute Gasteiger partial charge is 0.146 e. The molecule has 0 radical (unpaired) electrons. The number of aromatic nitrogens is 2. The van der Waals surface area contributed by atoms with E-state index in [1.54, 1.807) is 7.11 Å². The molecule has 0 N–H and O–H groups in total. The third-order valence-corrected chi connectivity index (χ3v) is 5.63. The summed E-state index contributed by atoms with van der Waals surface area (Å²) in [6, 6.07) is 6.61. The molecule has 3 unspecified atom stereocenters. The molecule has 3 nitrogen and oxygen atoms in total. The standard InChI is InChI=1S/C16H21ClN2OS/c1-10(17)16-18-15-13(5-4-6-14(15)20-2)19(16)11-7-8-12(9-11)21-3/h4-6,10-12H,7-9H2,1-3H3. The monoisotopic (exact) mass is 324 g/mol. The van der Waals surface area contributed by atoms with E-state index in [1.807, 2.05) is 30.8 Å². The second kappa shape index (κ2) is 6.09. The summed E-state index contributed by atoms with van der Waals surface area (Å²) in [6.07, 6.45) is 5.87. The van der Waals surface area contributed by atoms with Gasteiger partial charge in [-0.1, -0.05) is 6.07 Å². The third-order valence-electron chi connectivity index (χ3n) is 4.34. The Kier molecular flexibility index (Phi) is 4.36. The van der Waals surface area contributed by atoms with E-state index in [1.165, 1.54) is 19.3 Å². The molecule has 3 rings (SSSR count). The molecule has 0 amide bonds. The second-order valence-corrected chi connectivity index (χ2v) is 7.40. The van der Waals surface area contributed by atoms with Crippen LogP contribution in [0.25, 0.3) is 11.0 Å². The van der Waals surface area contributed by atoms with Crippen molar-refractivity contribution in [2.75, 3.05) is 13.4 Å². The van der Waals surface area contributed by atoms with Crippen LogP contribution in [-0.4, -0.2) is 28.2 Å². The van der Waals surface area contributed by atoms with Crippen molar-refractivity contribution >= 4 is 34.4 Å². The lowest BCUT2D eigenvalue weighted by molar-refractivity contribution is 0.419. The first kappa shape index (κ1) is 15.0. The highest BCUT2D eigenvalue weighted by Gasteiger charge is 2.29. The third kappa shape index (κ3) is 2.64. The minimum absolute atomic E-state index is 0.101. The molecule has 1 fully saturated rings. The van der Waals surface area contributed by atoms with Crippen LogP contribution in [-0.2, 0) is 0 Å². The van der Waals surface area contributed by atoms with Gasteiger partial charge in [0.05, 0.1) is 18.0 Å². The molecule has 1 aliphatic rings. The molecule has 0 aliphatic heterocycles. The van der Waals surface area contributed by atoms with E-state index in [0.717, 1.165) is 27.9 Å². The molecule has 1 saturated carbocycles. The minimum Gasteiger partial charge on any atom is -0.494 e.